The molecule has 2 aromatic carbocycles. The van der Waals surface area contributed by atoms with Crippen molar-refractivity contribution < 1.29 is 67.6 Å². The molecule has 2 atom stereocenters. The minimum Gasteiger partial charge on any atom is -0.508 e. The SMILES string of the molecule is FC(F)(F)c1ccc(OC2CCN(c3ccc(C(F)(F)F)cn3)C2)cc1.OC1CCN(c2ccc(C(F)(F)F)cn2)C1.Oc1ccc(C(F)(F)F)cc1. The van der Waals surface area contributed by atoms with Crippen molar-refractivity contribution in [2.45, 2.75) is 49.8 Å². The van der Waals surface area contributed by atoms with E-state index in [0.717, 1.165) is 60.9 Å². The van der Waals surface area contributed by atoms with Crippen LogP contribution in [0.2, 0.25) is 0 Å². The molecule has 0 aliphatic carbocycles. The molecule has 4 aromatic rings. The Balaban J connectivity index is 0.000000197. The average molecular weight is 771 g/mol. The van der Waals surface area contributed by atoms with Crippen molar-refractivity contribution in [3.63, 3.8) is 0 Å². The molecule has 2 aromatic heterocycles. The number of hydrogen-bond acceptors (Lipinski definition) is 7. The van der Waals surface area contributed by atoms with Crippen LogP contribution in [-0.4, -0.2) is 58.6 Å². The lowest BCUT2D eigenvalue weighted by Crippen LogP contribution is -2.25. The largest absolute Gasteiger partial charge is 0.508 e. The maximum atomic E-state index is 12.6. The number of aromatic hydroxyl groups is 1. The van der Waals surface area contributed by atoms with Crippen LogP contribution in [-0.2, 0) is 24.7 Å². The second kappa shape index (κ2) is 16.4. The lowest BCUT2D eigenvalue weighted by Gasteiger charge is -2.19. The first kappa shape index (κ1) is 40.8. The highest BCUT2D eigenvalue weighted by molar-refractivity contribution is 5.42. The molecule has 6 rings (SSSR count). The number of ether oxygens (including phenoxy) is 1. The smallest absolute Gasteiger partial charge is 0.417 e. The third-order valence-electron chi connectivity index (χ3n) is 7.79. The predicted octanol–water partition coefficient (Wildman–Crippen LogP) is 8.86. The van der Waals surface area contributed by atoms with Crippen LogP contribution in [0.5, 0.6) is 11.5 Å². The lowest BCUT2D eigenvalue weighted by atomic mass is 10.2. The average Bonchev–Trinajstić information content (AvgIpc) is 3.73. The van der Waals surface area contributed by atoms with E-state index in [1.165, 1.54) is 24.3 Å². The zero-order valence-corrected chi connectivity index (χ0v) is 27.1. The molecule has 2 aliphatic rings. The Morgan fingerprint density at radius 2 is 0.925 bits per heavy atom. The van der Waals surface area contributed by atoms with Crippen LogP contribution in [0.4, 0.5) is 64.3 Å². The number of benzene rings is 2. The van der Waals surface area contributed by atoms with Crippen LogP contribution >= 0.6 is 0 Å². The summed E-state index contributed by atoms with van der Waals surface area (Å²) < 4.78 is 153. The number of aromatic nitrogens is 2. The second-order valence-electron chi connectivity index (χ2n) is 11.7. The van der Waals surface area contributed by atoms with E-state index in [9.17, 15) is 57.8 Å². The molecule has 19 heteroatoms. The first-order valence-corrected chi connectivity index (χ1v) is 15.5. The summed E-state index contributed by atoms with van der Waals surface area (Å²) in [6, 6.07) is 12.7. The number of phenols is 1. The van der Waals surface area contributed by atoms with E-state index in [1.807, 2.05) is 0 Å². The van der Waals surface area contributed by atoms with Gasteiger partial charge in [0, 0.05) is 38.4 Å². The maximum absolute atomic E-state index is 12.6. The molecule has 2 saturated heterocycles. The lowest BCUT2D eigenvalue weighted by molar-refractivity contribution is -0.138. The summed E-state index contributed by atoms with van der Waals surface area (Å²) in [6.07, 6.45) is -15.4. The summed E-state index contributed by atoms with van der Waals surface area (Å²) in [5.41, 5.74) is -3.09. The zero-order chi connectivity index (χ0) is 39.2. The van der Waals surface area contributed by atoms with Gasteiger partial charge in [-0.3, -0.25) is 0 Å². The highest BCUT2D eigenvalue weighted by atomic mass is 19.4. The molecule has 53 heavy (non-hydrogen) atoms. The van der Waals surface area contributed by atoms with Crippen LogP contribution in [0.15, 0.2) is 85.2 Å². The molecule has 0 saturated carbocycles. The molecule has 4 heterocycles. The summed E-state index contributed by atoms with van der Waals surface area (Å²) in [5, 5.41) is 18.0. The summed E-state index contributed by atoms with van der Waals surface area (Å²) >= 11 is 0. The predicted molar refractivity (Wildman–Crippen MR) is 167 cm³/mol. The summed E-state index contributed by atoms with van der Waals surface area (Å²) in [7, 11) is 0. The van der Waals surface area contributed by atoms with E-state index in [-0.39, 0.29) is 11.9 Å². The van der Waals surface area contributed by atoms with Crippen molar-refractivity contribution in [1.29, 1.82) is 0 Å². The van der Waals surface area contributed by atoms with Gasteiger partial charge in [-0.2, -0.15) is 52.7 Å². The Kier molecular flexibility index (Phi) is 12.6. The Bertz CT molecular complexity index is 1730. The monoisotopic (exact) mass is 770 g/mol. The van der Waals surface area contributed by atoms with Gasteiger partial charge in [-0.1, -0.05) is 0 Å². The molecule has 0 bridgehead atoms. The van der Waals surface area contributed by atoms with Crippen LogP contribution in [0.3, 0.4) is 0 Å². The fourth-order valence-electron chi connectivity index (χ4n) is 5.03. The number of β-amino-alcohol motifs (C(OH)–C–C–N with tert-alkyl or cyclic N) is 1. The number of alkyl halides is 12. The molecule has 0 spiro atoms. The highest BCUT2D eigenvalue weighted by Crippen LogP contribution is 2.33. The van der Waals surface area contributed by atoms with Crippen molar-refractivity contribution in [1.82, 2.24) is 9.97 Å². The molecule has 7 nitrogen and oxygen atoms in total. The van der Waals surface area contributed by atoms with E-state index in [1.54, 1.807) is 9.80 Å². The Morgan fingerprint density at radius 3 is 1.30 bits per heavy atom. The number of anilines is 2. The van der Waals surface area contributed by atoms with Gasteiger partial charge in [-0.15, -0.1) is 0 Å². The van der Waals surface area contributed by atoms with E-state index >= 15 is 0 Å². The van der Waals surface area contributed by atoms with Crippen molar-refractivity contribution in [3.05, 3.63) is 107 Å². The third kappa shape index (κ3) is 12.0. The first-order chi connectivity index (χ1) is 24.6. The number of aliphatic hydroxyl groups is 1. The molecular formula is C34H30F12N4O3. The topological polar surface area (TPSA) is 82.0 Å². The van der Waals surface area contributed by atoms with E-state index < -0.39 is 53.1 Å². The third-order valence-corrected chi connectivity index (χ3v) is 7.79. The first-order valence-electron chi connectivity index (χ1n) is 15.5. The Morgan fingerprint density at radius 1 is 0.528 bits per heavy atom. The van der Waals surface area contributed by atoms with Crippen molar-refractivity contribution >= 4 is 11.6 Å². The Hall–Kier alpha value is -4.94. The van der Waals surface area contributed by atoms with Crippen LogP contribution in [0, 0.1) is 0 Å². The number of halogens is 12. The van der Waals surface area contributed by atoms with Gasteiger partial charge in [0.25, 0.3) is 0 Å². The number of phenolic OH excluding ortho intramolecular Hbond substituents is 1. The van der Waals surface area contributed by atoms with Crippen molar-refractivity contribution in [2.24, 2.45) is 0 Å². The van der Waals surface area contributed by atoms with E-state index in [2.05, 4.69) is 9.97 Å². The maximum Gasteiger partial charge on any atom is 0.417 e. The van der Waals surface area contributed by atoms with Crippen LogP contribution in [0.1, 0.15) is 35.1 Å². The van der Waals surface area contributed by atoms with Gasteiger partial charge in [0.05, 0.1) is 34.9 Å². The number of rotatable bonds is 4. The van der Waals surface area contributed by atoms with Gasteiger partial charge < -0.3 is 24.7 Å². The molecule has 2 aliphatic heterocycles. The minimum atomic E-state index is -4.44. The summed E-state index contributed by atoms with van der Waals surface area (Å²) in [6.45, 7) is 1.97. The molecular weight excluding hydrogens is 740 g/mol. The minimum absolute atomic E-state index is 0.169. The van der Waals surface area contributed by atoms with Crippen molar-refractivity contribution in [2.75, 3.05) is 36.0 Å². The molecule has 0 radical (unpaired) electrons. The molecule has 2 N–H and O–H groups in total. The quantitative estimate of drug-likeness (QED) is 0.201. The fraction of sp³-hybridized carbons (Fsp3) is 0.353. The molecule has 288 valence electrons. The van der Waals surface area contributed by atoms with Gasteiger partial charge in [-0.25, -0.2) is 9.97 Å². The number of aliphatic hydroxyl groups excluding tert-OH is 1. The number of hydrogen-bond donors (Lipinski definition) is 2. The van der Waals surface area contributed by atoms with E-state index in [0.29, 0.717) is 56.4 Å². The molecule has 2 unspecified atom stereocenters. The van der Waals surface area contributed by atoms with Gasteiger partial charge in [0.1, 0.15) is 29.2 Å². The second-order valence-corrected chi connectivity index (χ2v) is 11.7. The Labute approximate surface area is 294 Å². The van der Waals surface area contributed by atoms with Crippen LogP contribution < -0.4 is 14.5 Å². The van der Waals surface area contributed by atoms with Crippen LogP contribution in [0.25, 0.3) is 0 Å². The van der Waals surface area contributed by atoms with Gasteiger partial charge in [0.15, 0.2) is 0 Å². The van der Waals surface area contributed by atoms with Gasteiger partial charge in [-0.05, 0) is 79.2 Å². The zero-order valence-electron chi connectivity index (χ0n) is 27.1. The number of nitrogens with zero attached hydrogens (tertiary/aromatic N) is 4. The molecule has 2 fully saturated rings. The highest BCUT2D eigenvalue weighted by Gasteiger charge is 2.34. The van der Waals surface area contributed by atoms with Gasteiger partial charge in [0.2, 0.25) is 0 Å². The summed E-state index contributed by atoms with van der Waals surface area (Å²) in [4.78, 5) is 11.1. The number of pyridine rings is 2. The standard InChI is InChI=1S/C17H14F6N2O.C10H11F3N2O.C7H5F3O/c18-16(19,20)11-1-4-13(5-2-11)26-14-7-8-25(10-14)15-6-3-12(9-24-15)17(21,22)23;11-10(12,13)7-1-2-9(14-5-7)15-4-3-8(16)6-15;8-7(9,10)5-1-3-6(11)4-2-5/h1-6,9,14H,7-8,10H2;1-2,5,8,16H,3-4,6H2;1-4,11H. The normalized spacial score (nSPS) is 17.8. The van der Waals surface area contributed by atoms with Crippen molar-refractivity contribution in [3.8, 4) is 11.5 Å². The molecule has 0 amide bonds. The van der Waals surface area contributed by atoms with E-state index in [4.69, 9.17) is 9.84 Å². The van der Waals surface area contributed by atoms with Gasteiger partial charge >= 0.3 is 24.7 Å². The summed E-state index contributed by atoms with van der Waals surface area (Å²) in [5.74, 6) is 1.02. The fourth-order valence-corrected chi connectivity index (χ4v) is 5.03.